The Bertz CT molecular complexity index is 553. The van der Waals surface area contributed by atoms with E-state index in [1.165, 1.54) is 5.56 Å². The standard InChI is InChI=1S/C16H27N5/c1-5-7-20-12-15(14(4)18-20)9-17-10-16-6-8-21(19-16)11-13(2)3/h6,8,12-13,17H,5,7,9-11H2,1-4H3. The molecule has 0 fully saturated rings. The summed E-state index contributed by atoms with van der Waals surface area (Å²) < 4.78 is 4.05. The number of aryl methyl sites for hydroxylation is 2. The number of nitrogens with one attached hydrogen (secondary N) is 1. The zero-order chi connectivity index (χ0) is 15.2. The molecule has 0 saturated carbocycles. The average Bonchev–Trinajstić information content (AvgIpc) is 2.97. The molecule has 1 N–H and O–H groups in total. The molecule has 0 aromatic carbocycles. The Morgan fingerprint density at radius 1 is 1.19 bits per heavy atom. The maximum Gasteiger partial charge on any atom is 0.0762 e. The third kappa shape index (κ3) is 4.70. The van der Waals surface area contributed by atoms with Crippen LogP contribution in [0.3, 0.4) is 0 Å². The molecule has 0 aliphatic heterocycles. The van der Waals surface area contributed by atoms with E-state index in [1.54, 1.807) is 0 Å². The molecule has 2 rings (SSSR count). The van der Waals surface area contributed by atoms with Gasteiger partial charge in [-0.3, -0.25) is 9.36 Å². The highest BCUT2D eigenvalue weighted by Gasteiger charge is 2.05. The molecule has 0 aliphatic carbocycles. The van der Waals surface area contributed by atoms with Crippen LogP contribution in [0.5, 0.6) is 0 Å². The maximum atomic E-state index is 4.57. The lowest BCUT2D eigenvalue weighted by atomic mass is 10.2. The molecule has 2 aromatic heterocycles. The highest BCUT2D eigenvalue weighted by atomic mass is 15.3. The predicted octanol–water partition coefficient (Wildman–Crippen LogP) is 2.74. The zero-order valence-corrected chi connectivity index (χ0v) is 13.6. The van der Waals surface area contributed by atoms with Gasteiger partial charge < -0.3 is 5.32 Å². The molecule has 5 heteroatoms. The molecule has 21 heavy (non-hydrogen) atoms. The normalized spacial score (nSPS) is 11.5. The topological polar surface area (TPSA) is 47.7 Å². The van der Waals surface area contributed by atoms with Gasteiger partial charge in [0.25, 0.3) is 0 Å². The number of hydrogen-bond acceptors (Lipinski definition) is 3. The molecule has 0 radical (unpaired) electrons. The van der Waals surface area contributed by atoms with Crippen LogP contribution in [-0.2, 0) is 26.2 Å². The Hall–Kier alpha value is -1.62. The molecule has 116 valence electrons. The van der Waals surface area contributed by atoms with Crippen LogP contribution >= 0.6 is 0 Å². The minimum absolute atomic E-state index is 0.623. The van der Waals surface area contributed by atoms with Crippen molar-refractivity contribution in [3.63, 3.8) is 0 Å². The summed E-state index contributed by atoms with van der Waals surface area (Å²) in [5.41, 5.74) is 3.47. The van der Waals surface area contributed by atoms with Gasteiger partial charge in [0.2, 0.25) is 0 Å². The minimum Gasteiger partial charge on any atom is -0.307 e. The molecular formula is C16H27N5. The van der Waals surface area contributed by atoms with E-state index >= 15 is 0 Å². The lowest BCUT2D eigenvalue weighted by molar-refractivity contribution is 0.477. The molecule has 0 atom stereocenters. The Morgan fingerprint density at radius 3 is 2.71 bits per heavy atom. The SMILES string of the molecule is CCCn1cc(CNCc2ccn(CC(C)C)n2)c(C)n1. The number of rotatable bonds is 8. The zero-order valence-electron chi connectivity index (χ0n) is 13.6. The summed E-state index contributed by atoms with van der Waals surface area (Å²) in [4.78, 5) is 0. The molecule has 2 aromatic rings. The van der Waals surface area contributed by atoms with Crippen LogP contribution < -0.4 is 5.32 Å². The second-order valence-corrected chi connectivity index (χ2v) is 6.03. The van der Waals surface area contributed by atoms with Gasteiger partial charge in [-0.15, -0.1) is 0 Å². The number of aromatic nitrogens is 4. The third-order valence-electron chi connectivity index (χ3n) is 3.37. The number of hydrogen-bond donors (Lipinski definition) is 1. The van der Waals surface area contributed by atoms with Crippen LogP contribution in [0.1, 0.15) is 44.1 Å². The van der Waals surface area contributed by atoms with E-state index in [-0.39, 0.29) is 0 Å². The Balaban J connectivity index is 1.82. The minimum atomic E-state index is 0.623. The van der Waals surface area contributed by atoms with Crippen molar-refractivity contribution in [1.29, 1.82) is 0 Å². The highest BCUT2D eigenvalue weighted by Crippen LogP contribution is 2.07. The third-order valence-corrected chi connectivity index (χ3v) is 3.37. The first-order valence-electron chi connectivity index (χ1n) is 7.84. The summed E-state index contributed by atoms with van der Waals surface area (Å²) in [7, 11) is 0. The quantitative estimate of drug-likeness (QED) is 0.813. The van der Waals surface area contributed by atoms with E-state index in [1.807, 2.05) is 9.36 Å². The van der Waals surface area contributed by atoms with Gasteiger partial charge in [-0.05, 0) is 25.3 Å². The van der Waals surface area contributed by atoms with E-state index in [4.69, 9.17) is 0 Å². The van der Waals surface area contributed by atoms with Crippen molar-refractivity contribution in [2.75, 3.05) is 0 Å². The molecule has 5 nitrogen and oxygen atoms in total. The van der Waals surface area contributed by atoms with Gasteiger partial charge >= 0.3 is 0 Å². The van der Waals surface area contributed by atoms with Crippen molar-refractivity contribution in [1.82, 2.24) is 24.9 Å². The smallest absolute Gasteiger partial charge is 0.0762 e. The molecule has 0 bridgehead atoms. The molecule has 2 heterocycles. The van der Waals surface area contributed by atoms with Crippen LogP contribution in [0.2, 0.25) is 0 Å². The summed E-state index contributed by atoms with van der Waals surface area (Å²) >= 11 is 0. The monoisotopic (exact) mass is 289 g/mol. The van der Waals surface area contributed by atoms with Crippen molar-refractivity contribution in [2.24, 2.45) is 5.92 Å². The largest absolute Gasteiger partial charge is 0.307 e. The van der Waals surface area contributed by atoms with E-state index in [9.17, 15) is 0 Å². The molecule has 0 amide bonds. The highest BCUT2D eigenvalue weighted by molar-refractivity contribution is 5.15. The van der Waals surface area contributed by atoms with Crippen molar-refractivity contribution in [2.45, 2.75) is 60.3 Å². The summed E-state index contributed by atoms with van der Waals surface area (Å²) in [5, 5.41) is 12.5. The summed E-state index contributed by atoms with van der Waals surface area (Å²) in [6.45, 7) is 12.2. The Labute approximate surface area is 127 Å². The van der Waals surface area contributed by atoms with Crippen LogP contribution in [0.25, 0.3) is 0 Å². The van der Waals surface area contributed by atoms with Gasteiger partial charge in [-0.25, -0.2) is 0 Å². The first-order valence-corrected chi connectivity index (χ1v) is 7.84. The van der Waals surface area contributed by atoms with E-state index < -0.39 is 0 Å². The predicted molar refractivity (Wildman–Crippen MR) is 84.9 cm³/mol. The summed E-state index contributed by atoms with van der Waals surface area (Å²) in [6, 6.07) is 2.09. The van der Waals surface area contributed by atoms with Crippen molar-refractivity contribution < 1.29 is 0 Å². The molecule has 0 saturated heterocycles. The Kier molecular flexibility index (Phi) is 5.56. The van der Waals surface area contributed by atoms with Gasteiger partial charge in [0.1, 0.15) is 0 Å². The van der Waals surface area contributed by atoms with Gasteiger partial charge in [0, 0.05) is 44.1 Å². The summed E-state index contributed by atoms with van der Waals surface area (Å²) in [6.07, 6.45) is 5.31. The van der Waals surface area contributed by atoms with E-state index in [0.29, 0.717) is 5.92 Å². The van der Waals surface area contributed by atoms with Crippen LogP contribution in [0.15, 0.2) is 18.5 Å². The second-order valence-electron chi connectivity index (χ2n) is 6.03. The second kappa shape index (κ2) is 7.41. The first-order chi connectivity index (χ1) is 10.1. The van der Waals surface area contributed by atoms with Crippen LogP contribution in [0.4, 0.5) is 0 Å². The fourth-order valence-electron chi connectivity index (χ4n) is 2.38. The fraction of sp³-hybridized carbons (Fsp3) is 0.625. The van der Waals surface area contributed by atoms with Gasteiger partial charge in [-0.2, -0.15) is 10.2 Å². The average molecular weight is 289 g/mol. The van der Waals surface area contributed by atoms with Crippen molar-refractivity contribution >= 4 is 0 Å². The van der Waals surface area contributed by atoms with Crippen LogP contribution in [0, 0.1) is 12.8 Å². The van der Waals surface area contributed by atoms with Crippen molar-refractivity contribution in [3.05, 3.63) is 35.4 Å². The number of nitrogens with zero attached hydrogens (tertiary/aromatic N) is 4. The van der Waals surface area contributed by atoms with Gasteiger partial charge in [0.15, 0.2) is 0 Å². The summed E-state index contributed by atoms with van der Waals surface area (Å²) in [5.74, 6) is 0.623. The lowest BCUT2D eigenvalue weighted by Crippen LogP contribution is -2.14. The van der Waals surface area contributed by atoms with Crippen LogP contribution in [-0.4, -0.2) is 19.6 Å². The Morgan fingerprint density at radius 2 is 2.00 bits per heavy atom. The fourth-order valence-corrected chi connectivity index (χ4v) is 2.38. The first kappa shape index (κ1) is 15.8. The lowest BCUT2D eigenvalue weighted by Gasteiger charge is -2.04. The maximum absolute atomic E-state index is 4.57. The molecular weight excluding hydrogens is 262 g/mol. The van der Waals surface area contributed by atoms with E-state index in [0.717, 1.165) is 44.0 Å². The molecule has 0 unspecified atom stereocenters. The van der Waals surface area contributed by atoms with E-state index in [2.05, 4.69) is 61.7 Å². The molecule has 0 spiro atoms. The van der Waals surface area contributed by atoms with Gasteiger partial charge in [-0.1, -0.05) is 20.8 Å². The molecule has 0 aliphatic rings. The van der Waals surface area contributed by atoms with Gasteiger partial charge in [0.05, 0.1) is 11.4 Å². The van der Waals surface area contributed by atoms with Crippen molar-refractivity contribution in [3.8, 4) is 0 Å².